The number of benzene rings is 2. The molecule has 2 aromatic carbocycles. The summed E-state index contributed by atoms with van der Waals surface area (Å²) >= 11 is 5.91. The minimum absolute atomic E-state index is 0.0949. The molecule has 0 aliphatic carbocycles. The SMILES string of the molecule is Cc1ccc(C(=O)OCc2cccc(Cl)c2)cc1NC(=O)C(C)C. The number of hydrogen-bond donors (Lipinski definition) is 1. The number of aryl methyl sites for hydroxylation is 1. The van der Waals surface area contributed by atoms with Gasteiger partial charge in [0.15, 0.2) is 0 Å². The third kappa shape index (κ3) is 4.83. The fraction of sp³-hybridized carbons (Fsp3) is 0.263. The molecule has 2 aromatic rings. The molecular weight excluding hydrogens is 326 g/mol. The van der Waals surface area contributed by atoms with Crippen molar-refractivity contribution in [3.63, 3.8) is 0 Å². The van der Waals surface area contributed by atoms with Crippen LogP contribution in [0.4, 0.5) is 5.69 Å². The molecule has 0 saturated heterocycles. The Balaban J connectivity index is 2.08. The van der Waals surface area contributed by atoms with E-state index in [1.807, 2.05) is 26.8 Å². The number of rotatable bonds is 5. The van der Waals surface area contributed by atoms with Crippen LogP contribution in [0.2, 0.25) is 5.02 Å². The largest absolute Gasteiger partial charge is 0.457 e. The summed E-state index contributed by atoms with van der Waals surface area (Å²) in [4.78, 5) is 24.1. The lowest BCUT2D eigenvalue weighted by atomic mass is 10.1. The van der Waals surface area contributed by atoms with E-state index in [2.05, 4.69) is 5.32 Å². The number of halogens is 1. The Morgan fingerprint density at radius 2 is 1.92 bits per heavy atom. The van der Waals surface area contributed by atoms with Crippen molar-refractivity contribution in [2.75, 3.05) is 5.32 Å². The van der Waals surface area contributed by atoms with Crippen LogP contribution in [0.15, 0.2) is 42.5 Å². The lowest BCUT2D eigenvalue weighted by Crippen LogP contribution is -2.18. The lowest BCUT2D eigenvalue weighted by Gasteiger charge is -2.12. The molecule has 0 bridgehead atoms. The molecule has 4 nitrogen and oxygen atoms in total. The molecule has 0 aliphatic rings. The molecule has 126 valence electrons. The Hall–Kier alpha value is -2.33. The third-order valence-electron chi connectivity index (χ3n) is 3.51. The van der Waals surface area contributed by atoms with Gasteiger partial charge in [-0.25, -0.2) is 4.79 Å². The number of hydrogen-bond acceptors (Lipinski definition) is 3. The van der Waals surface area contributed by atoms with Crippen molar-refractivity contribution >= 4 is 29.2 Å². The molecule has 0 fully saturated rings. The summed E-state index contributed by atoms with van der Waals surface area (Å²) in [5.41, 5.74) is 2.71. The number of amides is 1. The summed E-state index contributed by atoms with van der Waals surface area (Å²) in [6.07, 6.45) is 0. The minimum atomic E-state index is -0.449. The van der Waals surface area contributed by atoms with Crippen molar-refractivity contribution < 1.29 is 14.3 Å². The standard InChI is InChI=1S/C19H20ClNO3/c1-12(2)18(22)21-17-10-15(8-7-13(17)3)19(23)24-11-14-5-4-6-16(20)9-14/h4-10,12H,11H2,1-3H3,(H,21,22). The first kappa shape index (κ1) is 18.0. The first-order valence-corrected chi connectivity index (χ1v) is 8.07. The van der Waals surface area contributed by atoms with Crippen molar-refractivity contribution in [1.29, 1.82) is 0 Å². The Bertz CT molecular complexity index is 756. The smallest absolute Gasteiger partial charge is 0.338 e. The van der Waals surface area contributed by atoms with Crippen molar-refractivity contribution in [2.24, 2.45) is 5.92 Å². The number of esters is 1. The lowest BCUT2D eigenvalue weighted by molar-refractivity contribution is -0.118. The molecule has 0 saturated carbocycles. The van der Waals surface area contributed by atoms with Gasteiger partial charge in [-0.05, 0) is 42.3 Å². The first-order chi connectivity index (χ1) is 11.4. The van der Waals surface area contributed by atoms with Crippen LogP contribution < -0.4 is 5.32 Å². The van der Waals surface area contributed by atoms with Gasteiger partial charge in [0.2, 0.25) is 5.91 Å². The molecular formula is C19H20ClNO3. The van der Waals surface area contributed by atoms with Gasteiger partial charge in [-0.15, -0.1) is 0 Å². The summed E-state index contributed by atoms with van der Waals surface area (Å²) in [7, 11) is 0. The first-order valence-electron chi connectivity index (χ1n) is 7.70. The topological polar surface area (TPSA) is 55.4 Å². The van der Waals surface area contributed by atoms with E-state index in [0.29, 0.717) is 16.3 Å². The number of carbonyl (C=O) groups is 2. The van der Waals surface area contributed by atoms with E-state index in [4.69, 9.17) is 16.3 Å². The summed E-state index contributed by atoms with van der Waals surface area (Å²) < 4.78 is 5.31. The fourth-order valence-corrected chi connectivity index (χ4v) is 2.23. The second kappa shape index (κ2) is 7.97. The maximum Gasteiger partial charge on any atom is 0.338 e. The summed E-state index contributed by atoms with van der Waals surface area (Å²) in [6, 6.07) is 12.2. The fourth-order valence-electron chi connectivity index (χ4n) is 2.02. The van der Waals surface area contributed by atoms with Gasteiger partial charge in [0.1, 0.15) is 6.61 Å². The second-order valence-corrected chi connectivity index (χ2v) is 6.32. The molecule has 24 heavy (non-hydrogen) atoms. The molecule has 0 unspecified atom stereocenters. The van der Waals surface area contributed by atoms with Gasteiger partial charge in [-0.1, -0.05) is 43.6 Å². The van der Waals surface area contributed by atoms with E-state index in [1.165, 1.54) is 0 Å². The highest BCUT2D eigenvalue weighted by molar-refractivity contribution is 6.30. The molecule has 0 heterocycles. The molecule has 5 heteroatoms. The summed E-state index contributed by atoms with van der Waals surface area (Å²) in [6.45, 7) is 5.64. The molecule has 0 atom stereocenters. The quantitative estimate of drug-likeness (QED) is 0.806. The van der Waals surface area contributed by atoms with Crippen LogP contribution in [0.25, 0.3) is 0 Å². The Kier molecular flexibility index (Phi) is 5.99. The van der Waals surface area contributed by atoms with Gasteiger partial charge in [-0.3, -0.25) is 4.79 Å². The van der Waals surface area contributed by atoms with Gasteiger partial charge < -0.3 is 10.1 Å². The minimum Gasteiger partial charge on any atom is -0.457 e. The van der Waals surface area contributed by atoms with E-state index in [-0.39, 0.29) is 18.4 Å². The average molecular weight is 346 g/mol. The van der Waals surface area contributed by atoms with E-state index in [0.717, 1.165) is 11.1 Å². The van der Waals surface area contributed by atoms with Crippen LogP contribution in [-0.4, -0.2) is 11.9 Å². The Morgan fingerprint density at radius 3 is 2.58 bits per heavy atom. The van der Waals surface area contributed by atoms with Gasteiger partial charge >= 0.3 is 5.97 Å². The maximum absolute atomic E-state index is 12.2. The van der Waals surface area contributed by atoms with E-state index in [9.17, 15) is 9.59 Å². The molecule has 0 radical (unpaired) electrons. The molecule has 1 amide bonds. The number of anilines is 1. The molecule has 1 N–H and O–H groups in total. The highest BCUT2D eigenvalue weighted by Gasteiger charge is 2.13. The van der Waals surface area contributed by atoms with Crippen LogP contribution in [0, 0.1) is 12.8 Å². The highest BCUT2D eigenvalue weighted by atomic mass is 35.5. The van der Waals surface area contributed by atoms with Gasteiger partial charge in [-0.2, -0.15) is 0 Å². The molecule has 0 spiro atoms. The number of ether oxygens (including phenoxy) is 1. The zero-order valence-electron chi connectivity index (χ0n) is 13.9. The van der Waals surface area contributed by atoms with Gasteiger partial charge in [0.25, 0.3) is 0 Å². The Morgan fingerprint density at radius 1 is 1.17 bits per heavy atom. The van der Waals surface area contributed by atoms with E-state index >= 15 is 0 Å². The molecule has 0 aromatic heterocycles. The van der Waals surface area contributed by atoms with Crippen LogP contribution in [0.5, 0.6) is 0 Å². The van der Waals surface area contributed by atoms with E-state index in [1.54, 1.807) is 36.4 Å². The van der Waals surface area contributed by atoms with Crippen molar-refractivity contribution in [3.05, 3.63) is 64.2 Å². The van der Waals surface area contributed by atoms with Crippen LogP contribution in [-0.2, 0) is 16.1 Å². The summed E-state index contributed by atoms with van der Waals surface area (Å²) in [5.74, 6) is -0.680. The Labute approximate surface area is 146 Å². The zero-order valence-corrected chi connectivity index (χ0v) is 14.7. The van der Waals surface area contributed by atoms with Crippen LogP contribution in [0.1, 0.15) is 35.3 Å². The monoisotopic (exact) mass is 345 g/mol. The molecule has 0 aliphatic heterocycles. The maximum atomic E-state index is 12.2. The predicted molar refractivity (Wildman–Crippen MR) is 95.2 cm³/mol. The summed E-state index contributed by atoms with van der Waals surface area (Å²) in [5, 5.41) is 3.42. The van der Waals surface area contributed by atoms with E-state index < -0.39 is 5.97 Å². The van der Waals surface area contributed by atoms with Gasteiger partial charge in [0, 0.05) is 16.6 Å². The normalized spacial score (nSPS) is 10.5. The highest BCUT2D eigenvalue weighted by Crippen LogP contribution is 2.19. The van der Waals surface area contributed by atoms with Gasteiger partial charge in [0.05, 0.1) is 5.56 Å². The second-order valence-electron chi connectivity index (χ2n) is 5.88. The number of nitrogens with one attached hydrogen (secondary N) is 1. The van der Waals surface area contributed by atoms with Crippen molar-refractivity contribution in [3.8, 4) is 0 Å². The predicted octanol–water partition coefficient (Wildman–Crippen LogP) is 4.60. The zero-order chi connectivity index (χ0) is 17.7. The number of carbonyl (C=O) groups excluding carboxylic acids is 2. The average Bonchev–Trinajstić information content (AvgIpc) is 2.54. The van der Waals surface area contributed by atoms with Crippen LogP contribution >= 0.6 is 11.6 Å². The van der Waals surface area contributed by atoms with Crippen molar-refractivity contribution in [2.45, 2.75) is 27.4 Å². The third-order valence-corrected chi connectivity index (χ3v) is 3.75. The van der Waals surface area contributed by atoms with Crippen molar-refractivity contribution in [1.82, 2.24) is 0 Å². The van der Waals surface area contributed by atoms with Crippen LogP contribution in [0.3, 0.4) is 0 Å². The molecule has 2 rings (SSSR count).